The Labute approximate surface area is 195 Å². The number of pyridine rings is 2. The van der Waals surface area contributed by atoms with E-state index < -0.39 is 24.7 Å². The monoisotopic (exact) mass is 483 g/mol. The van der Waals surface area contributed by atoms with Crippen LogP contribution in [0.1, 0.15) is 53.6 Å². The molecule has 0 aliphatic heterocycles. The maximum absolute atomic E-state index is 13.0. The van der Waals surface area contributed by atoms with E-state index in [0.717, 1.165) is 5.56 Å². The number of carbonyl (C=O) groups excluding carboxylic acids is 2. The van der Waals surface area contributed by atoms with E-state index in [-0.39, 0.29) is 36.1 Å². The summed E-state index contributed by atoms with van der Waals surface area (Å²) in [5.74, 6) is -1.03. The molecular weight excluding hydrogens is 455 g/mol. The molecule has 8 nitrogen and oxygen atoms in total. The molecule has 0 aliphatic rings. The molecule has 0 saturated heterocycles. The van der Waals surface area contributed by atoms with Crippen LogP contribution in [0.5, 0.6) is 11.8 Å². The Morgan fingerprint density at radius 3 is 2.50 bits per heavy atom. The van der Waals surface area contributed by atoms with Crippen molar-refractivity contribution < 1.29 is 37.0 Å². The Morgan fingerprint density at radius 1 is 1.12 bits per heavy atom. The summed E-state index contributed by atoms with van der Waals surface area (Å²) in [5.41, 5.74) is 2.08. The Hall–Kier alpha value is -3.21. The first kappa shape index (κ1) is 27.0. The highest BCUT2D eigenvalue weighted by atomic mass is 19.4. The number of hydrogen-bond donors (Lipinski definition) is 1. The summed E-state index contributed by atoms with van der Waals surface area (Å²) in [4.78, 5) is 32.7. The van der Waals surface area contributed by atoms with Crippen LogP contribution in [0.2, 0.25) is 0 Å². The molecule has 2 aromatic rings. The topological polar surface area (TPSA) is 99.6 Å². The van der Waals surface area contributed by atoms with Gasteiger partial charge in [0.05, 0.1) is 12.6 Å². The molecule has 0 fully saturated rings. The van der Waals surface area contributed by atoms with Gasteiger partial charge in [-0.25, -0.2) is 0 Å². The van der Waals surface area contributed by atoms with E-state index in [2.05, 4.69) is 20.0 Å². The van der Waals surface area contributed by atoms with Gasteiger partial charge >= 0.3 is 6.18 Å². The van der Waals surface area contributed by atoms with Crippen LogP contribution in [0.15, 0.2) is 24.3 Å². The number of carbonyl (C=O) groups is 2. The molecule has 0 radical (unpaired) electrons. The van der Waals surface area contributed by atoms with Crippen molar-refractivity contribution in [2.75, 3.05) is 26.9 Å². The number of Topliss-reactive ketones (excluding diaryl/α,β-unsaturated/α-hetero) is 1. The van der Waals surface area contributed by atoms with Gasteiger partial charge < -0.3 is 19.5 Å². The molecule has 1 unspecified atom stereocenters. The predicted octanol–water partition coefficient (Wildman–Crippen LogP) is 3.76. The molecule has 0 saturated carbocycles. The van der Waals surface area contributed by atoms with Crippen LogP contribution in [0, 0.1) is 6.92 Å². The lowest BCUT2D eigenvalue weighted by Gasteiger charge is -2.18. The SMILES string of the molecule is COCCCOc1nc(OCC(F)(F)F)ccc1C(=O)NC(C)c1cc(C)nc(CC(C)=O)c1. The maximum atomic E-state index is 13.0. The van der Waals surface area contributed by atoms with Crippen molar-refractivity contribution in [3.05, 3.63) is 46.8 Å². The third-order valence-electron chi connectivity index (χ3n) is 4.50. The number of methoxy groups -OCH3 is 1. The third kappa shape index (κ3) is 8.97. The minimum Gasteiger partial charge on any atom is -0.477 e. The van der Waals surface area contributed by atoms with Gasteiger partial charge in [-0.3, -0.25) is 14.6 Å². The average molecular weight is 483 g/mol. The van der Waals surface area contributed by atoms with Gasteiger partial charge in [-0.2, -0.15) is 18.2 Å². The zero-order chi connectivity index (χ0) is 25.3. The van der Waals surface area contributed by atoms with E-state index in [9.17, 15) is 22.8 Å². The molecule has 0 aliphatic carbocycles. The zero-order valence-corrected chi connectivity index (χ0v) is 19.5. The van der Waals surface area contributed by atoms with Crippen LogP contribution in [-0.4, -0.2) is 54.8 Å². The van der Waals surface area contributed by atoms with Crippen molar-refractivity contribution in [3.63, 3.8) is 0 Å². The van der Waals surface area contributed by atoms with Gasteiger partial charge in [0, 0.05) is 44.0 Å². The first-order valence-electron chi connectivity index (χ1n) is 10.6. The normalized spacial score (nSPS) is 12.2. The van der Waals surface area contributed by atoms with E-state index in [0.29, 0.717) is 24.4 Å². The quantitative estimate of drug-likeness (QED) is 0.459. The highest BCUT2D eigenvalue weighted by Gasteiger charge is 2.29. The summed E-state index contributed by atoms with van der Waals surface area (Å²) in [7, 11) is 1.52. The standard InChI is InChI=1S/C23H28F3N3O5/c1-14-10-17(12-18(27-14)11-15(2)30)16(3)28-21(31)19-6-7-20(34-13-23(24,25)26)29-22(19)33-9-5-8-32-4/h6-7,10,12,16H,5,8-9,11,13H2,1-4H3,(H,28,31). The van der Waals surface area contributed by atoms with Crippen LogP contribution in [-0.2, 0) is 16.0 Å². The van der Waals surface area contributed by atoms with Crippen LogP contribution < -0.4 is 14.8 Å². The fourth-order valence-corrected chi connectivity index (χ4v) is 3.03. The minimum atomic E-state index is -4.53. The number of rotatable bonds is 12. The van der Waals surface area contributed by atoms with Crippen molar-refractivity contribution in [2.45, 2.75) is 45.8 Å². The van der Waals surface area contributed by atoms with E-state index in [1.54, 1.807) is 26.0 Å². The highest BCUT2D eigenvalue weighted by molar-refractivity contribution is 5.96. The number of alkyl halides is 3. The van der Waals surface area contributed by atoms with E-state index in [1.807, 2.05) is 0 Å². The fraction of sp³-hybridized carbons (Fsp3) is 0.478. The predicted molar refractivity (Wildman–Crippen MR) is 117 cm³/mol. The molecule has 1 N–H and O–H groups in total. The summed E-state index contributed by atoms with van der Waals surface area (Å²) < 4.78 is 52.6. The number of nitrogens with zero attached hydrogens (tertiary/aromatic N) is 2. The minimum absolute atomic E-state index is 0.0325. The first-order valence-corrected chi connectivity index (χ1v) is 10.6. The second-order valence-electron chi connectivity index (χ2n) is 7.71. The molecule has 2 heterocycles. The number of aromatic nitrogens is 2. The second kappa shape index (κ2) is 12.3. The van der Waals surface area contributed by atoms with Crippen molar-refractivity contribution >= 4 is 11.7 Å². The van der Waals surface area contributed by atoms with Gasteiger partial charge in [-0.1, -0.05) is 0 Å². The molecule has 2 rings (SSSR count). The van der Waals surface area contributed by atoms with Crippen molar-refractivity contribution in [1.29, 1.82) is 0 Å². The lowest BCUT2D eigenvalue weighted by atomic mass is 10.0. The van der Waals surface area contributed by atoms with Crippen LogP contribution in [0.4, 0.5) is 13.2 Å². The number of nitrogens with one attached hydrogen (secondary N) is 1. The second-order valence-corrected chi connectivity index (χ2v) is 7.71. The van der Waals surface area contributed by atoms with Gasteiger partial charge in [-0.05, 0) is 44.5 Å². The first-order chi connectivity index (χ1) is 16.0. The molecule has 11 heteroatoms. The molecule has 0 bridgehead atoms. The van der Waals surface area contributed by atoms with Gasteiger partial charge in [0.15, 0.2) is 6.61 Å². The number of ketones is 1. The lowest BCUT2D eigenvalue weighted by Crippen LogP contribution is -2.28. The van der Waals surface area contributed by atoms with Crippen LogP contribution in [0.3, 0.4) is 0 Å². The molecule has 1 amide bonds. The Balaban J connectivity index is 2.21. The lowest BCUT2D eigenvalue weighted by molar-refractivity contribution is -0.154. The summed E-state index contributed by atoms with van der Waals surface area (Å²) >= 11 is 0. The smallest absolute Gasteiger partial charge is 0.422 e. The van der Waals surface area contributed by atoms with Gasteiger partial charge in [-0.15, -0.1) is 0 Å². The van der Waals surface area contributed by atoms with Gasteiger partial charge in [0.2, 0.25) is 11.8 Å². The maximum Gasteiger partial charge on any atom is 0.422 e. The van der Waals surface area contributed by atoms with E-state index in [4.69, 9.17) is 9.47 Å². The Bertz CT molecular complexity index is 998. The molecule has 1 atom stereocenters. The van der Waals surface area contributed by atoms with Crippen LogP contribution >= 0.6 is 0 Å². The summed E-state index contributed by atoms with van der Waals surface area (Å²) in [5, 5.41) is 2.82. The number of aryl methyl sites for hydroxylation is 1. The third-order valence-corrected chi connectivity index (χ3v) is 4.50. The summed E-state index contributed by atoms with van der Waals surface area (Å²) in [6, 6.07) is 5.55. The number of ether oxygens (including phenoxy) is 3. The highest BCUT2D eigenvalue weighted by Crippen LogP contribution is 2.24. The molecule has 2 aromatic heterocycles. The number of hydrogen-bond acceptors (Lipinski definition) is 7. The van der Waals surface area contributed by atoms with Crippen molar-refractivity contribution in [3.8, 4) is 11.8 Å². The molecule has 34 heavy (non-hydrogen) atoms. The number of amides is 1. The van der Waals surface area contributed by atoms with Crippen molar-refractivity contribution in [1.82, 2.24) is 15.3 Å². The summed E-state index contributed by atoms with van der Waals surface area (Å²) in [6.45, 7) is 4.03. The summed E-state index contributed by atoms with van der Waals surface area (Å²) in [6.07, 6.45) is -3.87. The molecule has 0 aromatic carbocycles. The Kier molecular flexibility index (Phi) is 9.79. The molecule has 186 valence electrons. The van der Waals surface area contributed by atoms with Crippen molar-refractivity contribution in [2.24, 2.45) is 0 Å². The zero-order valence-electron chi connectivity index (χ0n) is 19.5. The van der Waals surface area contributed by atoms with Crippen LogP contribution in [0.25, 0.3) is 0 Å². The van der Waals surface area contributed by atoms with Gasteiger partial charge in [0.25, 0.3) is 5.91 Å². The van der Waals surface area contributed by atoms with E-state index in [1.165, 1.54) is 26.2 Å². The molecular formula is C23H28F3N3O5. The number of halogens is 3. The molecule has 0 spiro atoms. The largest absolute Gasteiger partial charge is 0.477 e. The Morgan fingerprint density at radius 2 is 1.85 bits per heavy atom. The average Bonchev–Trinajstić information content (AvgIpc) is 2.74. The fourth-order valence-electron chi connectivity index (χ4n) is 3.03. The van der Waals surface area contributed by atoms with Gasteiger partial charge in [0.1, 0.15) is 11.3 Å². The van der Waals surface area contributed by atoms with E-state index >= 15 is 0 Å².